The summed E-state index contributed by atoms with van der Waals surface area (Å²) in [4.78, 5) is 30.2. The first-order chi connectivity index (χ1) is 19.0. The van der Waals surface area contributed by atoms with E-state index < -0.39 is 39.9 Å². The van der Waals surface area contributed by atoms with Gasteiger partial charge in [-0.3, -0.25) is 18.4 Å². The molecule has 0 unspecified atom stereocenters. The van der Waals surface area contributed by atoms with Crippen molar-refractivity contribution in [1.82, 2.24) is 14.9 Å². The summed E-state index contributed by atoms with van der Waals surface area (Å²) in [6.45, 7) is 3.03. The molecule has 1 aromatic heterocycles. The first kappa shape index (κ1) is 30.9. The van der Waals surface area contributed by atoms with Gasteiger partial charge in [-0.25, -0.2) is 4.98 Å². The molecule has 6 N–H and O–H groups in total. The van der Waals surface area contributed by atoms with Gasteiger partial charge in [0.15, 0.2) is 11.7 Å². The molecule has 0 aliphatic carbocycles. The Morgan fingerprint density at radius 3 is 2.41 bits per heavy atom. The molecule has 1 amide bonds. The Kier molecular flexibility index (Phi) is 9.27. The van der Waals surface area contributed by atoms with Crippen molar-refractivity contribution in [3.05, 3.63) is 75.7 Å². The molecule has 1 heterocycles. The third-order valence-electron chi connectivity index (χ3n) is 5.37. The van der Waals surface area contributed by atoms with Crippen LogP contribution in [0.25, 0.3) is 11.3 Å². The van der Waals surface area contributed by atoms with Gasteiger partial charge >= 0.3 is 16.3 Å². The quantitative estimate of drug-likeness (QED) is 0.118. The minimum atomic E-state index is -4.69. The molecule has 0 aliphatic rings. The number of alkyl halides is 3. The molecule has 3 aromatic rings. The number of hydrogen-bond donors (Lipinski definition) is 4. The summed E-state index contributed by atoms with van der Waals surface area (Å²) in [6, 6.07) is 8.91. The number of amides is 1. The lowest BCUT2D eigenvalue weighted by molar-refractivity contribution is -0.137. The molecule has 0 fully saturated rings. The van der Waals surface area contributed by atoms with Gasteiger partial charge in [0.2, 0.25) is 5.91 Å². The van der Waals surface area contributed by atoms with Crippen molar-refractivity contribution in [3.8, 4) is 11.3 Å². The maximum atomic E-state index is 13.4. The van der Waals surface area contributed by atoms with E-state index in [4.69, 9.17) is 11.5 Å². The monoisotopic (exact) mass is 595 g/mol. The second kappa shape index (κ2) is 12.3. The van der Waals surface area contributed by atoms with E-state index in [1.54, 1.807) is 26.0 Å². The molecule has 0 saturated carbocycles. The van der Waals surface area contributed by atoms with Crippen LogP contribution in [-0.4, -0.2) is 42.0 Å². The van der Waals surface area contributed by atoms with E-state index in [9.17, 15) is 31.2 Å². The van der Waals surface area contributed by atoms with Gasteiger partial charge in [0.05, 0.1) is 23.7 Å². The zero-order chi connectivity index (χ0) is 30.5. The smallest absolute Gasteiger partial charge is 0.399 e. The van der Waals surface area contributed by atoms with Gasteiger partial charge in [-0.1, -0.05) is 24.3 Å². The van der Waals surface area contributed by atoms with Gasteiger partial charge in [-0.05, 0) is 42.8 Å². The Hall–Kier alpha value is -4.60. The molecule has 2 aromatic carbocycles. The maximum absolute atomic E-state index is 13.4. The van der Waals surface area contributed by atoms with Gasteiger partial charge in [0.25, 0.3) is 5.56 Å². The van der Waals surface area contributed by atoms with Crippen molar-refractivity contribution in [2.24, 2.45) is 10.9 Å². The fraction of sp³-hybridized carbons (Fsp3) is 0.280. The third-order valence-corrected chi connectivity index (χ3v) is 5.72. The number of hydrogen-bond acceptors (Lipinski definition) is 9. The van der Waals surface area contributed by atoms with Crippen LogP contribution in [0.5, 0.6) is 0 Å². The third kappa shape index (κ3) is 8.69. The summed E-state index contributed by atoms with van der Waals surface area (Å²) in [6.07, 6.45) is -2.67. The predicted octanol–water partition coefficient (Wildman–Crippen LogP) is 2.24. The number of aromatic nitrogens is 2. The Morgan fingerprint density at radius 2 is 1.83 bits per heavy atom. The molecule has 12 nitrogen and oxygen atoms in total. The highest BCUT2D eigenvalue weighted by Gasteiger charge is 2.31. The first-order valence-corrected chi connectivity index (χ1v) is 13.8. The van der Waals surface area contributed by atoms with Crippen molar-refractivity contribution in [2.45, 2.75) is 39.2 Å². The number of nitrogens with two attached hydrogens (primary N) is 2. The lowest BCUT2D eigenvalue weighted by Gasteiger charge is -2.17. The topological polar surface area (TPSA) is 184 Å². The molecule has 16 heteroatoms. The SMILES string of the molecule is CC(C)Nc1ncc(-c2cc(N)cc(C(F)(F)F)c2)n(CC(=O)NCc2ccc(/C(N)=N/OS(C)(=O)=O)cc2)c1=O. The minimum Gasteiger partial charge on any atom is -0.399 e. The van der Waals surface area contributed by atoms with Gasteiger partial charge < -0.3 is 22.1 Å². The summed E-state index contributed by atoms with van der Waals surface area (Å²) >= 11 is 0. The van der Waals surface area contributed by atoms with Crippen molar-refractivity contribution in [2.75, 3.05) is 17.3 Å². The molecular weight excluding hydrogens is 567 g/mol. The number of nitrogens with one attached hydrogen (secondary N) is 2. The van der Waals surface area contributed by atoms with Gasteiger partial charge in [-0.2, -0.15) is 21.6 Å². The summed E-state index contributed by atoms with van der Waals surface area (Å²) in [5.41, 5.74) is 10.4. The lowest BCUT2D eigenvalue weighted by atomic mass is 10.1. The molecule has 41 heavy (non-hydrogen) atoms. The van der Waals surface area contributed by atoms with Crippen LogP contribution in [0.2, 0.25) is 0 Å². The zero-order valence-corrected chi connectivity index (χ0v) is 23.0. The molecule has 3 rings (SSSR count). The minimum absolute atomic E-state index is 0.0266. The maximum Gasteiger partial charge on any atom is 0.416 e. The second-order valence-electron chi connectivity index (χ2n) is 9.25. The van der Waals surface area contributed by atoms with Gasteiger partial charge in [0.1, 0.15) is 6.54 Å². The van der Waals surface area contributed by atoms with Crippen molar-refractivity contribution in [1.29, 1.82) is 0 Å². The summed E-state index contributed by atoms with van der Waals surface area (Å²) in [5.74, 6) is -0.871. The highest BCUT2D eigenvalue weighted by molar-refractivity contribution is 7.85. The molecule has 220 valence electrons. The van der Waals surface area contributed by atoms with Crippen LogP contribution in [-0.2, 0) is 38.5 Å². The normalized spacial score (nSPS) is 12.3. The Bertz CT molecular complexity index is 1620. The van der Waals surface area contributed by atoms with Crippen LogP contribution in [0.15, 0.2) is 58.6 Å². The van der Waals surface area contributed by atoms with Crippen molar-refractivity contribution < 1.29 is 30.7 Å². The average molecular weight is 596 g/mol. The van der Waals surface area contributed by atoms with Crippen LogP contribution in [0.3, 0.4) is 0 Å². The molecule has 0 radical (unpaired) electrons. The molecule has 0 bridgehead atoms. The summed E-state index contributed by atoms with van der Waals surface area (Å²) in [7, 11) is -3.83. The summed E-state index contributed by atoms with van der Waals surface area (Å²) in [5, 5.41) is 8.83. The highest BCUT2D eigenvalue weighted by atomic mass is 32.2. The lowest BCUT2D eigenvalue weighted by Crippen LogP contribution is -2.35. The number of nitrogen functional groups attached to an aromatic ring is 1. The first-order valence-electron chi connectivity index (χ1n) is 12.0. The molecular formula is C25H28F3N7O5S. The number of anilines is 2. The van der Waals surface area contributed by atoms with E-state index >= 15 is 0 Å². The fourth-order valence-corrected chi connectivity index (χ4v) is 3.78. The number of carbonyl (C=O) groups is 1. The number of nitrogens with zero attached hydrogens (tertiary/aromatic N) is 3. The number of benzene rings is 2. The number of oxime groups is 1. The highest BCUT2D eigenvalue weighted by Crippen LogP contribution is 2.34. The van der Waals surface area contributed by atoms with E-state index in [1.165, 1.54) is 24.4 Å². The van der Waals surface area contributed by atoms with E-state index in [0.29, 0.717) is 11.1 Å². The van der Waals surface area contributed by atoms with Crippen LogP contribution < -0.4 is 27.7 Å². The zero-order valence-electron chi connectivity index (χ0n) is 22.2. The van der Waals surface area contributed by atoms with E-state index in [-0.39, 0.29) is 41.2 Å². The standard InChI is InChI=1S/C25H28F3N7O5S/c1-14(2)33-23-24(37)35(20(12-32-23)17-8-18(25(26,27)28)10-19(29)9-17)13-21(36)31-11-15-4-6-16(7-5-15)22(30)34-40-41(3,38)39/h4-10,12,14H,11,13,29H2,1-3H3,(H2,30,34)(H,31,36)(H,32,33). The van der Waals surface area contributed by atoms with E-state index in [0.717, 1.165) is 23.0 Å². The number of halogens is 3. The van der Waals surface area contributed by atoms with Gasteiger partial charge in [0, 0.05) is 29.4 Å². The van der Waals surface area contributed by atoms with Crippen LogP contribution in [0.4, 0.5) is 24.7 Å². The summed E-state index contributed by atoms with van der Waals surface area (Å²) < 4.78 is 67.7. The number of carbonyl (C=O) groups excluding carboxylic acids is 1. The largest absolute Gasteiger partial charge is 0.416 e. The van der Waals surface area contributed by atoms with E-state index in [2.05, 4.69) is 25.1 Å². The molecule has 0 atom stereocenters. The van der Waals surface area contributed by atoms with Crippen LogP contribution >= 0.6 is 0 Å². The van der Waals surface area contributed by atoms with Crippen LogP contribution in [0, 0.1) is 0 Å². The predicted molar refractivity (Wildman–Crippen MR) is 147 cm³/mol. The van der Waals surface area contributed by atoms with Crippen molar-refractivity contribution in [3.63, 3.8) is 0 Å². The Balaban J connectivity index is 1.85. The Morgan fingerprint density at radius 1 is 1.17 bits per heavy atom. The van der Waals surface area contributed by atoms with Crippen molar-refractivity contribution >= 4 is 33.4 Å². The Labute approximate surface area is 233 Å². The molecule has 0 aliphatic heterocycles. The molecule has 0 saturated heterocycles. The second-order valence-corrected chi connectivity index (χ2v) is 10.8. The molecule has 0 spiro atoms. The number of amidine groups is 1. The fourth-order valence-electron chi connectivity index (χ4n) is 3.56. The van der Waals surface area contributed by atoms with Gasteiger partial charge in [-0.15, -0.1) is 0 Å². The number of rotatable bonds is 10. The average Bonchev–Trinajstić information content (AvgIpc) is 2.87. The van der Waals surface area contributed by atoms with E-state index in [1.807, 2.05) is 0 Å². The van der Waals surface area contributed by atoms with Crippen LogP contribution in [0.1, 0.15) is 30.5 Å².